The van der Waals surface area contributed by atoms with Crippen LogP contribution in [0.5, 0.6) is 0 Å². The predicted molar refractivity (Wildman–Crippen MR) is 98.6 cm³/mol. The smallest absolute Gasteiger partial charge is 0.272 e. The molecule has 0 bridgehead atoms. The van der Waals surface area contributed by atoms with Gasteiger partial charge in [0.1, 0.15) is 5.69 Å². The number of pyridine rings is 1. The SMILES string of the molecule is CCN(Cc1ccccc1)C(=O)c1ccc(NCC2CCCO2)cn1. The Morgan fingerprint density at radius 3 is 2.76 bits per heavy atom. The largest absolute Gasteiger partial charge is 0.381 e. The highest BCUT2D eigenvalue weighted by molar-refractivity contribution is 5.92. The van der Waals surface area contributed by atoms with E-state index in [1.807, 2.05) is 43.3 Å². The molecule has 0 aliphatic carbocycles. The van der Waals surface area contributed by atoms with E-state index in [2.05, 4.69) is 10.3 Å². The molecule has 2 heterocycles. The highest BCUT2D eigenvalue weighted by Gasteiger charge is 2.17. The summed E-state index contributed by atoms with van der Waals surface area (Å²) in [4.78, 5) is 18.8. The minimum atomic E-state index is -0.0444. The number of aromatic nitrogens is 1. The van der Waals surface area contributed by atoms with E-state index in [0.29, 0.717) is 18.8 Å². The normalized spacial score (nSPS) is 16.6. The highest BCUT2D eigenvalue weighted by atomic mass is 16.5. The number of amides is 1. The standard InChI is InChI=1S/C20H25N3O2/c1-2-23(15-16-7-4-3-5-8-16)20(24)19-11-10-17(13-22-19)21-14-18-9-6-12-25-18/h3-5,7-8,10-11,13,18,21H,2,6,9,12,14-15H2,1H3. The summed E-state index contributed by atoms with van der Waals surface area (Å²) < 4.78 is 5.60. The second-order valence-corrected chi connectivity index (χ2v) is 6.25. The molecule has 1 aromatic carbocycles. The highest BCUT2D eigenvalue weighted by Crippen LogP contribution is 2.14. The van der Waals surface area contributed by atoms with Crippen LogP contribution < -0.4 is 5.32 Å². The van der Waals surface area contributed by atoms with Crippen LogP contribution in [0, 0.1) is 0 Å². The maximum Gasteiger partial charge on any atom is 0.272 e. The number of hydrogen-bond acceptors (Lipinski definition) is 4. The number of ether oxygens (including phenoxy) is 1. The lowest BCUT2D eigenvalue weighted by molar-refractivity contribution is 0.0746. The summed E-state index contributed by atoms with van der Waals surface area (Å²) >= 11 is 0. The van der Waals surface area contributed by atoms with Gasteiger partial charge in [-0.25, -0.2) is 4.98 Å². The monoisotopic (exact) mass is 339 g/mol. The topological polar surface area (TPSA) is 54.5 Å². The first-order valence-electron chi connectivity index (χ1n) is 8.91. The molecule has 5 nitrogen and oxygen atoms in total. The molecule has 5 heteroatoms. The van der Waals surface area contributed by atoms with Crippen molar-refractivity contribution in [3.05, 3.63) is 59.9 Å². The molecular formula is C20H25N3O2. The Hall–Kier alpha value is -2.40. The molecule has 1 unspecified atom stereocenters. The number of carbonyl (C=O) groups is 1. The fourth-order valence-electron chi connectivity index (χ4n) is 2.95. The summed E-state index contributed by atoms with van der Waals surface area (Å²) in [7, 11) is 0. The van der Waals surface area contributed by atoms with E-state index in [1.165, 1.54) is 0 Å². The molecule has 0 radical (unpaired) electrons. The zero-order chi connectivity index (χ0) is 17.5. The van der Waals surface area contributed by atoms with E-state index in [4.69, 9.17) is 4.74 Å². The van der Waals surface area contributed by atoms with Crippen LogP contribution >= 0.6 is 0 Å². The van der Waals surface area contributed by atoms with Gasteiger partial charge in [-0.2, -0.15) is 0 Å². The van der Waals surface area contributed by atoms with Crippen molar-refractivity contribution in [2.45, 2.75) is 32.4 Å². The van der Waals surface area contributed by atoms with Crippen molar-refractivity contribution >= 4 is 11.6 Å². The van der Waals surface area contributed by atoms with Crippen LogP contribution in [0.4, 0.5) is 5.69 Å². The van der Waals surface area contributed by atoms with Crippen molar-refractivity contribution in [3.8, 4) is 0 Å². The molecule has 3 rings (SSSR count). The average Bonchev–Trinajstić information content (AvgIpc) is 3.19. The lowest BCUT2D eigenvalue weighted by Gasteiger charge is -2.20. The number of carbonyl (C=O) groups excluding carboxylic acids is 1. The van der Waals surface area contributed by atoms with Gasteiger partial charge < -0.3 is 15.0 Å². The van der Waals surface area contributed by atoms with Gasteiger partial charge in [0.05, 0.1) is 18.0 Å². The Morgan fingerprint density at radius 1 is 1.28 bits per heavy atom. The van der Waals surface area contributed by atoms with E-state index in [9.17, 15) is 4.79 Å². The van der Waals surface area contributed by atoms with E-state index in [0.717, 1.165) is 37.2 Å². The van der Waals surface area contributed by atoms with Crippen molar-refractivity contribution in [2.24, 2.45) is 0 Å². The van der Waals surface area contributed by atoms with Gasteiger partial charge >= 0.3 is 0 Å². The van der Waals surface area contributed by atoms with Gasteiger partial charge in [0, 0.05) is 26.2 Å². The van der Waals surface area contributed by atoms with Crippen LogP contribution in [0.1, 0.15) is 35.8 Å². The molecule has 2 aromatic rings. The fraction of sp³-hybridized carbons (Fsp3) is 0.400. The second-order valence-electron chi connectivity index (χ2n) is 6.25. The van der Waals surface area contributed by atoms with Crippen molar-refractivity contribution in [1.29, 1.82) is 0 Å². The Labute approximate surface area is 149 Å². The molecule has 1 aliphatic rings. The first kappa shape index (κ1) is 17.4. The molecule has 1 aliphatic heterocycles. The fourth-order valence-corrected chi connectivity index (χ4v) is 2.95. The van der Waals surface area contributed by atoms with Crippen LogP contribution in [0.15, 0.2) is 48.7 Å². The molecule has 1 fully saturated rings. The van der Waals surface area contributed by atoms with Crippen LogP contribution in [-0.2, 0) is 11.3 Å². The molecule has 1 saturated heterocycles. The Bertz CT molecular complexity index is 667. The van der Waals surface area contributed by atoms with Gasteiger partial charge in [-0.3, -0.25) is 4.79 Å². The zero-order valence-electron chi connectivity index (χ0n) is 14.6. The van der Waals surface area contributed by atoms with Crippen molar-refractivity contribution in [2.75, 3.05) is 25.0 Å². The third kappa shape index (κ3) is 4.79. The van der Waals surface area contributed by atoms with E-state index in [1.54, 1.807) is 17.2 Å². The molecule has 1 atom stereocenters. The lowest BCUT2D eigenvalue weighted by atomic mass is 10.2. The number of rotatable bonds is 7. The van der Waals surface area contributed by atoms with Gasteiger partial charge in [0.15, 0.2) is 0 Å². The molecule has 1 N–H and O–H groups in total. The Kier molecular flexibility index (Phi) is 6.01. The Morgan fingerprint density at radius 2 is 2.12 bits per heavy atom. The summed E-state index contributed by atoms with van der Waals surface area (Å²) in [5.41, 5.74) is 2.51. The molecule has 0 spiro atoms. The third-order valence-corrected chi connectivity index (χ3v) is 4.43. The number of anilines is 1. The van der Waals surface area contributed by atoms with Gasteiger partial charge in [-0.15, -0.1) is 0 Å². The molecule has 25 heavy (non-hydrogen) atoms. The number of nitrogens with zero attached hydrogens (tertiary/aromatic N) is 2. The van der Waals surface area contributed by atoms with Crippen LogP contribution in [0.2, 0.25) is 0 Å². The zero-order valence-corrected chi connectivity index (χ0v) is 14.6. The van der Waals surface area contributed by atoms with Gasteiger partial charge in [-0.1, -0.05) is 30.3 Å². The Balaban J connectivity index is 1.58. The summed E-state index contributed by atoms with van der Waals surface area (Å²) in [5.74, 6) is -0.0444. The average molecular weight is 339 g/mol. The summed E-state index contributed by atoms with van der Waals surface area (Å²) in [6.07, 6.45) is 4.23. The number of benzene rings is 1. The summed E-state index contributed by atoms with van der Waals surface area (Å²) in [6.45, 7) is 4.86. The summed E-state index contributed by atoms with van der Waals surface area (Å²) in [5, 5.41) is 3.32. The van der Waals surface area contributed by atoms with Crippen molar-refractivity contribution < 1.29 is 9.53 Å². The number of hydrogen-bond donors (Lipinski definition) is 1. The van der Waals surface area contributed by atoms with E-state index < -0.39 is 0 Å². The molecule has 0 saturated carbocycles. The minimum absolute atomic E-state index is 0.0444. The van der Waals surface area contributed by atoms with E-state index >= 15 is 0 Å². The van der Waals surface area contributed by atoms with Crippen LogP contribution in [0.25, 0.3) is 0 Å². The first-order valence-corrected chi connectivity index (χ1v) is 8.91. The van der Waals surface area contributed by atoms with Gasteiger partial charge in [0.2, 0.25) is 0 Å². The van der Waals surface area contributed by atoms with Gasteiger partial charge in [0.25, 0.3) is 5.91 Å². The second kappa shape index (κ2) is 8.62. The van der Waals surface area contributed by atoms with Crippen LogP contribution in [0.3, 0.4) is 0 Å². The van der Waals surface area contributed by atoms with Crippen molar-refractivity contribution in [1.82, 2.24) is 9.88 Å². The first-order chi connectivity index (χ1) is 12.3. The maximum atomic E-state index is 12.7. The number of nitrogens with one attached hydrogen (secondary N) is 1. The maximum absolute atomic E-state index is 12.7. The van der Waals surface area contributed by atoms with Crippen molar-refractivity contribution in [3.63, 3.8) is 0 Å². The quantitative estimate of drug-likeness (QED) is 0.841. The van der Waals surface area contributed by atoms with Crippen LogP contribution in [-0.4, -0.2) is 41.6 Å². The van der Waals surface area contributed by atoms with Gasteiger partial charge in [-0.05, 0) is 37.5 Å². The molecule has 1 amide bonds. The molecular weight excluding hydrogens is 314 g/mol. The minimum Gasteiger partial charge on any atom is -0.381 e. The molecule has 132 valence electrons. The predicted octanol–water partition coefficient (Wildman–Crippen LogP) is 3.33. The lowest BCUT2D eigenvalue weighted by Crippen LogP contribution is -2.31. The molecule has 1 aromatic heterocycles. The summed E-state index contributed by atoms with van der Waals surface area (Å²) in [6, 6.07) is 13.7. The van der Waals surface area contributed by atoms with E-state index in [-0.39, 0.29) is 12.0 Å². The third-order valence-electron chi connectivity index (χ3n) is 4.43.